The molecular weight excluding hydrogens is 274 g/mol. The van der Waals surface area contributed by atoms with E-state index in [1.807, 2.05) is 0 Å². The Labute approximate surface area is 124 Å². The minimum absolute atomic E-state index is 0.142. The molecule has 1 heterocycles. The maximum atomic E-state index is 13.6. The molecule has 1 saturated heterocycles. The van der Waals surface area contributed by atoms with Crippen molar-refractivity contribution in [3.8, 4) is 0 Å². The fraction of sp³-hybridized carbons (Fsp3) is 0.562. The minimum Gasteiger partial charge on any atom is -0.305 e. The number of hydrogen-bond donors (Lipinski definition) is 0. The van der Waals surface area contributed by atoms with Gasteiger partial charge in [0, 0.05) is 25.6 Å². The van der Waals surface area contributed by atoms with Gasteiger partial charge in [-0.15, -0.1) is 0 Å². The molecule has 1 unspecified atom stereocenters. The molecule has 0 radical (unpaired) electrons. The Balaban J connectivity index is 1.90. The zero-order valence-corrected chi connectivity index (χ0v) is 12.6. The van der Waals surface area contributed by atoms with Gasteiger partial charge in [-0.05, 0) is 45.6 Å². The van der Waals surface area contributed by atoms with E-state index in [1.54, 1.807) is 0 Å². The van der Waals surface area contributed by atoms with E-state index in [0.717, 1.165) is 32.0 Å². The van der Waals surface area contributed by atoms with Crippen LogP contribution in [-0.2, 0) is 0 Å². The number of likely N-dealkylation sites (N-methyl/N-ethyl adjacent to an activating group) is 1. The van der Waals surface area contributed by atoms with Gasteiger partial charge in [0.15, 0.2) is 17.4 Å². The van der Waals surface area contributed by atoms with Crippen molar-refractivity contribution in [2.45, 2.75) is 25.3 Å². The molecule has 2 rings (SSSR count). The molecule has 0 N–H and O–H groups in total. The lowest BCUT2D eigenvalue weighted by atomic mass is 10.0. The number of ketones is 1. The number of carbonyl (C=O) groups is 1. The summed E-state index contributed by atoms with van der Waals surface area (Å²) >= 11 is 0. The Morgan fingerprint density at radius 3 is 2.86 bits per heavy atom. The summed E-state index contributed by atoms with van der Waals surface area (Å²) in [5.41, 5.74) is -0.142. The maximum absolute atomic E-state index is 13.6. The highest BCUT2D eigenvalue weighted by molar-refractivity contribution is 5.96. The smallest absolute Gasteiger partial charge is 0.169 e. The van der Waals surface area contributed by atoms with Gasteiger partial charge in [-0.1, -0.05) is 6.07 Å². The van der Waals surface area contributed by atoms with E-state index in [4.69, 9.17) is 0 Å². The first kappa shape index (κ1) is 16.0. The molecule has 3 nitrogen and oxygen atoms in total. The van der Waals surface area contributed by atoms with Gasteiger partial charge in [0.2, 0.25) is 0 Å². The SMILES string of the molecule is CN(C)C1CCCN(CCC(=O)c2cccc(F)c2F)C1. The van der Waals surface area contributed by atoms with Crippen LogP contribution < -0.4 is 0 Å². The number of rotatable bonds is 5. The van der Waals surface area contributed by atoms with Gasteiger partial charge in [-0.2, -0.15) is 0 Å². The fourth-order valence-corrected chi connectivity index (χ4v) is 2.77. The summed E-state index contributed by atoms with van der Waals surface area (Å²) in [6, 6.07) is 4.24. The molecule has 1 aromatic carbocycles. The van der Waals surface area contributed by atoms with Gasteiger partial charge in [0.25, 0.3) is 0 Å². The summed E-state index contributed by atoms with van der Waals surface area (Å²) in [6.07, 6.45) is 2.49. The minimum atomic E-state index is -1.03. The lowest BCUT2D eigenvalue weighted by Crippen LogP contribution is -2.45. The zero-order valence-electron chi connectivity index (χ0n) is 12.6. The number of benzene rings is 1. The summed E-state index contributed by atoms with van der Waals surface area (Å²) < 4.78 is 26.7. The first-order valence-corrected chi connectivity index (χ1v) is 7.35. The van der Waals surface area contributed by atoms with Crippen LogP contribution in [0, 0.1) is 11.6 Å². The number of likely N-dealkylation sites (tertiary alicyclic amines) is 1. The van der Waals surface area contributed by atoms with E-state index in [-0.39, 0.29) is 17.8 Å². The number of piperidine rings is 1. The summed E-state index contributed by atoms with van der Waals surface area (Å²) in [6.45, 7) is 2.48. The largest absolute Gasteiger partial charge is 0.305 e. The van der Waals surface area contributed by atoms with Gasteiger partial charge in [-0.3, -0.25) is 4.79 Å². The third kappa shape index (κ3) is 4.08. The lowest BCUT2D eigenvalue weighted by molar-refractivity contribution is 0.0923. The Bertz CT molecular complexity index is 505. The summed E-state index contributed by atoms with van der Waals surface area (Å²) in [4.78, 5) is 16.5. The zero-order chi connectivity index (χ0) is 15.4. The number of nitrogens with zero attached hydrogens (tertiary/aromatic N) is 2. The van der Waals surface area contributed by atoms with Crippen LogP contribution in [-0.4, -0.2) is 55.4 Å². The second-order valence-corrected chi connectivity index (χ2v) is 5.83. The molecule has 0 spiro atoms. The predicted octanol–water partition coefficient (Wildman–Crippen LogP) is 2.56. The number of hydrogen-bond acceptors (Lipinski definition) is 3. The highest BCUT2D eigenvalue weighted by Crippen LogP contribution is 2.16. The van der Waals surface area contributed by atoms with Gasteiger partial charge in [0.05, 0.1) is 5.56 Å². The fourth-order valence-electron chi connectivity index (χ4n) is 2.77. The summed E-state index contributed by atoms with van der Waals surface area (Å²) in [5.74, 6) is -2.34. The van der Waals surface area contributed by atoms with Crippen molar-refractivity contribution >= 4 is 5.78 Å². The maximum Gasteiger partial charge on any atom is 0.169 e. The second kappa shape index (κ2) is 7.09. The molecule has 5 heteroatoms. The molecule has 0 amide bonds. The molecule has 1 aliphatic heterocycles. The Morgan fingerprint density at radius 2 is 2.14 bits per heavy atom. The van der Waals surface area contributed by atoms with Gasteiger partial charge >= 0.3 is 0 Å². The Morgan fingerprint density at radius 1 is 1.38 bits per heavy atom. The first-order chi connectivity index (χ1) is 9.99. The highest BCUT2D eigenvalue weighted by Gasteiger charge is 2.22. The quantitative estimate of drug-likeness (QED) is 0.780. The lowest BCUT2D eigenvalue weighted by Gasteiger charge is -2.36. The molecule has 21 heavy (non-hydrogen) atoms. The molecule has 116 valence electrons. The summed E-state index contributed by atoms with van der Waals surface area (Å²) in [7, 11) is 4.11. The van der Waals surface area contributed by atoms with Crippen LogP contribution in [0.4, 0.5) is 8.78 Å². The molecule has 0 bridgehead atoms. The van der Waals surface area contributed by atoms with Gasteiger partial charge in [0.1, 0.15) is 0 Å². The molecule has 1 fully saturated rings. The molecule has 1 aliphatic rings. The van der Waals surface area contributed by atoms with Crippen LogP contribution in [0.25, 0.3) is 0 Å². The Hall–Kier alpha value is -1.33. The van der Waals surface area contributed by atoms with Crippen molar-refractivity contribution in [2.24, 2.45) is 0 Å². The van der Waals surface area contributed by atoms with E-state index in [1.165, 1.54) is 12.1 Å². The molecule has 0 aromatic heterocycles. The topological polar surface area (TPSA) is 23.6 Å². The highest BCUT2D eigenvalue weighted by atomic mass is 19.2. The van der Waals surface area contributed by atoms with Crippen LogP contribution >= 0.6 is 0 Å². The van der Waals surface area contributed by atoms with Crippen LogP contribution in [0.5, 0.6) is 0 Å². The van der Waals surface area contributed by atoms with E-state index >= 15 is 0 Å². The monoisotopic (exact) mass is 296 g/mol. The van der Waals surface area contributed by atoms with Gasteiger partial charge in [-0.25, -0.2) is 8.78 Å². The van der Waals surface area contributed by atoms with E-state index in [0.29, 0.717) is 12.6 Å². The normalized spacial score (nSPS) is 20.0. The molecular formula is C16H22F2N2O. The van der Waals surface area contributed by atoms with Crippen LogP contribution in [0.2, 0.25) is 0 Å². The van der Waals surface area contributed by atoms with Crippen LogP contribution in [0.3, 0.4) is 0 Å². The van der Waals surface area contributed by atoms with Crippen molar-refractivity contribution in [2.75, 3.05) is 33.7 Å². The second-order valence-electron chi connectivity index (χ2n) is 5.83. The van der Waals surface area contributed by atoms with Crippen LogP contribution in [0.15, 0.2) is 18.2 Å². The van der Waals surface area contributed by atoms with Crippen molar-refractivity contribution in [3.05, 3.63) is 35.4 Å². The third-order valence-electron chi connectivity index (χ3n) is 4.12. The van der Waals surface area contributed by atoms with E-state index in [9.17, 15) is 13.6 Å². The average molecular weight is 296 g/mol. The number of carbonyl (C=O) groups excluding carboxylic acids is 1. The van der Waals surface area contributed by atoms with Crippen molar-refractivity contribution < 1.29 is 13.6 Å². The van der Waals surface area contributed by atoms with E-state index in [2.05, 4.69) is 23.9 Å². The average Bonchev–Trinajstić information content (AvgIpc) is 2.48. The van der Waals surface area contributed by atoms with Crippen molar-refractivity contribution in [1.82, 2.24) is 9.80 Å². The first-order valence-electron chi connectivity index (χ1n) is 7.35. The molecule has 1 aromatic rings. The van der Waals surface area contributed by atoms with Gasteiger partial charge < -0.3 is 9.80 Å². The molecule has 1 atom stereocenters. The standard InChI is InChI=1S/C16H22F2N2O/c1-19(2)12-5-4-9-20(11-12)10-8-15(21)13-6-3-7-14(17)16(13)18/h3,6-7,12H,4-5,8-11H2,1-2H3. The number of Topliss-reactive ketones (excluding diaryl/α,β-unsaturated/α-hetero) is 1. The van der Waals surface area contributed by atoms with Crippen molar-refractivity contribution in [1.29, 1.82) is 0 Å². The number of halogens is 2. The third-order valence-corrected chi connectivity index (χ3v) is 4.12. The van der Waals surface area contributed by atoms with E-state index < -0.39 is 11.6 Å². The molecule has 0 saturated carbocycles. The Kier molecular flexibility index (Phi) is 5.42. The predicted molar refractivity (Wildman–Crippen MR) is 78.5 cm³/mol. The molecule has 0 aliphatic carbocycles. The van der Waals surface area contributed by atoms with Crippen LogP contribution in [0.1, 0.15) is 29.6 Å². The van der Waals surface area contributed by atoms with Crippen molar-refractivity contribution in [3.63, 3.8) is 0 Å². The summed E-state index contributed by atoms with van der Waals surface area (Å²) in [5, 5.41) is 0.